The molecule has 3 heterocycles. The van der Waals surface area contributed by atoms with Gasteiger partial charge in [0.15, 0.2) is 5.82 Å². The maximum atomic E-state index is 13.0. The molecule has 1 aliphatic rings. The van der Waals surface area contributed by atoms with Crippen molar-refractivity contribution in [1.82, 2.24) is 25.0 Å². The molecular weight excluding hydrogens is 442 g/mol. The molecule has 1 saturated heterocycles. The molecule has 1 N–H and O–H groups in total. The molecule has 8 nitrogen and oxygen atoms in total. The summed E-state index contributed by atoms with van der Waals surface area (Å²) in [4.78, 5) is 19.8. The number of hydrogen-bond donors (Lipinski definition) is 1. The Kier molecular flexibility index (Phi) is 8.50. The molecule has 3 aromatic rings. The Morgan fingerprint density at radius 2 is 2.06 bits per heavy atom. The summed E-state index contributed by atoms with van der Waals surface area (Å²) in [5, 5.41) is 7.47. The lowest BCUT2D eigenvalue weighted by Gasteiger charge is -2.31. The third kappa shape index (κ3) is 6.46. The number of amides is 1. The zero-order valence-electron chi connectivity index (χ0n) is 20.8. The van der Waals surface area contributed by atoms with Gasteiger partial charge in [-0.2, -0.15) is 5.10 Å². The zero-order valence-corrected chi connectivity index (χ0v) is 20.8. The van der Waals surface area contributed by atoms with Gasteiger partial charge in [-0.15, -0.1) is 0 Å². The minimum absolute atomic E-state index is 0.108. The van der Waals surface area contributed by atoms with Gasteiger partial charge in [-0.25, -0.2) is 9.67 Å². The molecule has 1 aromatic carbocycles. The minimum Gasteiger partial charge on any atom is -0.492 e. The van der Waals surface area contributed by atoms with Crippen LogP contribution in [-0.4, -0.2) is 65.0 Å². The third-order valence-electron chi connectivity index (χ3n) is 6.34. The molecule has 186 valence electrons. The maximum absolute atomic E-state index is 13.0. The summed E-state index contributed by atoms with van der Waals surface area (Å²) in [7, 11) is 2.15. The highest BCUT2D eigenvalue weighted by molar-refractivity contribution is 5.95. The Morgan fingerprint density at radius 3 is 2.80 bits per heavy atom. The lowest BCUT2D eigenvalue weighted by atomic mass is 10.1. The van der Waals surface area contributed by atoms with Crippen LogP contribution in [0.3, 0.4) is 0 Å². The molecule has 0 spiro atoms. The number of nitrogens with zero attached hydrogens (tertiary/aromatic N) is 4. The van der Waals surface area contributed by atoms with Crippen molar-refractivity contribution < 1.29 is 14.3 Å². The highest BCUT2D eigenvalue weighted by Gasteiger charge is 2.21. The van der Waals surface area contributed by atoms with E-state index >= 15 is 0 Å². The molecule has 1 amide bonds. The number of carbonyl (C=O) groups is 1. The van der Waals surface area contributed by atoms with Crippen LogP contribution in [0.2, 0.25) is 0 Å². The predicted octanol–water partition coefficient (Wildman–Crippen LogP) is 3.81. The van der Waals surface area contributed by atoms with E-state index in [1.165, 1.54) is 0 Å². The second-order valence-corrected chi connectivity index (χ2v) is 9.20. The van der Waals surface area contributed by atoms with Crippen LogP contribution in [0.5, 0.6) is 5.75 Å². The average molecular weight is 478 g/mol. The lowest BCUT2D eigenvalue weighted by molar-refractivity contribution is 0.0392. The van der Waals surface area contributed by atoms with Crippen LogP contribution in [0.1, 0.15) is 54.2 Å². The molecule has 0 radical (unpaired) electrons. The van der Waals surface area contributed by atoms with E-state index in [0.29, 0.717) is 30.6 Å². The van der Waals surface area contributed by atoms with Crippen LogP contribution in [0.15, 0.2) is 54.9 Å². The number of benzene rings is 1. The molecule has 0 bridgehead atoms. The van der Waals surface area contributed by atoms with Crippen molar-refractivity contribution >= 4 is 5.91 Å². The third-order valence-corrected chi connectivity index (χ3v) is 6.34. The maximum Gasteiger partial charge on any atom is 0.255 e. The van der Waals surface area contributed by atoms with Crippen molar-refractivity contribution in [3.63, 3.8) is 0 Å². The summed E-state index contributed by atoms with van der Waals surface area (Å²) >= 11 is 0. The zero-order chi connectivity index (χ0) is 24.6. The molecule has 8 heteroatoms. The van der Waals surface area contributed by atoms with Gasteiger partial charge in [-0.05, 0) is 55.6 Å². The Morgan fingerprint density at radius 1 is 1.23 bits per heavy atom. The molecular formula is C27H35N5O3. The fourth-order valence-electron chi connectivity index (χ4n) is 4.39. The molecule has 0 saturated carbocycles. The molecule has 2 aromatic heterocycles. The Bertz CT molecular complexity index is 1090. The number of aromatic nitrogens is 3. The highest BCUT2D eigenvalue weighted by Crippen LogP contribution is 2.22. The number of hydrogen-bond acceptors (Lipinski definition) is 6. The molecule has 1 fully saturated rings. The van der Waals surface area contributed by atoms with Gasteiger partial charge in [0, 0.05) is 38.5 Å². The number of likely N-dealkylation sites (N-methyl/N-ethyl adjacent to an activating group) is 1. The van der Waals surface area contributed by atoms with Gasteiger partial charge in [0.1, 0.15) is 12.4 Å². The first-order valence-corrected chi connectivity index (χ1v) is 12.3. The molecule has 4 rings (SSSR count). The predicted molar refractivity (Wildman–Crippen MR) is 135 cm³/mol. The lowest BCUT2D eigenvalue weighted by Crippen LogP contribution is -2.38. The van der Waals surface area contributed by atoms with E-state index in [0.717, 1.165) is 49.6 Å². The fraction of sp³-hybridized carbons (Fsp3) is 0.444. The van der Waals surface area contributed by atoms with Crippen molar-refractivity contribution in [2.75, 3.05) is 33.4 Å². The Balaban J connectivity index is 1.33. The first-order chi connectivity index (χ1) is 17.0. The van der Waals surface area contributed by atoms with Crippen molar-refractivity contribution in [2.45, 2.75) is 45.2 Å². The van der Waals surface area contributed by atoms with Crippen molar-refractivity contribution in [3.05, 3.63) is 71.7 Å². The van der Waals surface area contributed by atoms with Crippen LogP contribution in [0.4, 0.5) is 0 Å². The molecule has 1 aliphatic heterocycles. The SMILES string of the molecule is CC(C)c1c(C(=O)NCc2cccc(OCCN(C)C3CCOCC3)c2)cnn1-c1ccccn1. The molecule has 35 heavy (non-hydrogen) atoms. The van der Waals surface area contributed by atoms with Gasteiger partial charge in [-0.3, -0.25) is 9.69 Å². The number of ether oxygens (including phenoxy) is 2. The fourth-order valence-corrected chi connectivity index (χ4v) is 4.39. The van der Waals surface area contributed by atoms with Gasteiger partial charge in [0.2, 0.25) is 0 Å². The first kappa shape index (κ1) is 24.9. The van der Waals surface area contributed by atoms with Gasteiger partial charge >= 0.3 is 0 Å². The average Bonchev–Trinajstić information content (AvgIpc) is 3.34. The van der Waals surface area contributed by atoms with E-state index in [1.807, 2.05) is 56.3 Å². The van der Waals surface area contributed by atoms with E-state index in [9.17, 15) is 4.79 Å². The van der Waals surface area contributed by atoms with E-state index < -0.39 is 0 Å². The standard InChI is InChI=1S/C27H35N5O3/c1-20(2)26-24(19-30-32(26)25-9-4-5-12-28-25)27(33)29-18-21-7-6-8-23(17-21)35-16-13-31(3)22-10-14-34-15-11-22/h4-9,12,17,19-20,22H,10-11,13-16,18H2,1-3H3,(H,29,33). The summed E-state index contributed by atoms with van der Waals surface area (Å²) in [5.74, 6) is 1.46. The summed E-state index contributed by atoms with van der Waals surface area (Å²) in [6.45, 7) is 7.67. The van der Waals surface area contributed by atoms with Crippen LogP contribution in [0, 0.1) is 0 Å². The second-order valence-electron chi connectivity index (χ2n) is 9.20. The van der Waals surface area contributed by atoms with E-state index in [-0.39, 0.29) is 11.8 Å². The normalized spacial score (nSPS) is 14.4. The second kappa shape index (κ2) is 12.0. The van der Waals surface area contributed by atoms with E-state index in [1.54, 1.807) is 17.1 Å². The quantitative estimate of drug-likeness (QED) is 0.478. The Labute approximate surface area is 207 Å². The van der Waals surface area contributed by atoms with Crippen LogP contribution in [0.25, 0.3) is 5.82 Å². The minimum atomic E-state index is -0.153. The summed E-state index contributed by atoms with van der Waals surface area (Å²) < 4.78 is 13.2. The highest BCUT2D eigenvalue weighted by atomic mass is 16.5. The van der Waals surface area contributed by atoms with Gasteiger partial charge in [0.05, 0.1) is 17.5 Å². The number of carbonyl (C=O) groups excluding carboxylic acids is 1. The Hall–Kier alpha value is -3.23. The van der Waals surface area contributed by atoms with Crippen LogP contribution in [-0.2, 0) is 11.3 Å². The van der Waals surface area contributed by atoms with E-state index in [4.69, 9.17) is 9.47 Å². The van der Waals surface area contributed by atoms with E-state index in [2.05, 4.69) is 27.3 Å². The van der Waals surface area contributed by atoms with Crippen molar-refractivity contribution in [2.24, 2.45) is 0 Å². The van der Waals surface area contributed by atoms with Crippen molar-refractivity contribution in [1.29, 1.82) is 0 Å². The monoisotopic (exact) mass is 477 g/mol. The first-order valence-electron chi connectivity index (χ1n) is 12.3. The smallest absolute Gasteiger partial charge is 0.255 e. The summed E-state index contributed by atoms with van der Waals surface area (Å²) in [6.07, 6.45) is 5.49. The van der Waals surface area contributed by atoms with Crippen LogP contribution < -0.4 is 10.1 Å². The number of pyridine rings is 1. The molecule has 0 atom stereocenters. The van der Waals surface area contributed by atoms with Crippen LogP contribution >= 0.6 is 0 Å². The van der Waals surface area contributed by atoms with Gasteiger partial charge in [-0.1, -0.05) is 32.0 Å². The van der Waals surface area contributed by atoms with Gasteiger partial charge < -0.3 is 14.8 Å². The number of rotatable bonds is 10. The van der Waals surface area contributed by atoms with Gasteiger partial charge in [0.25, 0.3) is 5.91 Å². The van der Waals surface area contributed by atoms with Crippen molar-refractivity contribution in [3.8, 4) is 11.6 Å². The largest absolute Gasteiger partial charge is 0.492 e. The summed E-state index contributed by atoms with van der Waals surface area (Å²) in [6, 6.07) is 14.1. The summed E-state index contributed by atoms with van der Waals surface area (Å²) in [5.41, 5.74) is 2.39. The topological polar surface area (TPSA) is 81.5 Å². The molecule has 0 unspecified atom stereocenters. The molecule has 0 aliphatic carbocycles. The number of nitrogens with one attached hydrogen (secondary N) is 1.